The first-order valence-corrected chi connectivity index (χ1v) is 21.7. The number of nitrogens with zero attached hydrogens (tertiary/aromatic N) is 3. The maximum Gasteiger partial charge on any atom is 0.408 e. The number of sulfonamides is 1. The molecule has 6 rings (SSSR count). The van der Waals surface area contributed by atoms with Gasteiger partial charge in [0.25, 0.3) is 11.8 Å². The Kier molecular flexibility index (Phi) is 12.5. The van der Waals surface area contributed by atoms with Gasteiger partial charge in [0, 0.05) is 37.5 Å². The van der Waals surface area contributed by atoms with Crippen LogP contribution in [0.3, 0.4) is 0 Å². The van der Waals surface area contributed by atoms with Crippen molar-refractivity contribution < 1.29 is 50.6 Å². The van der Waals surface area contributed by atoms with E-state index in [1.165, 1.54) is 4.90 Å². The minimum Gasteiger partial charge on any atom is -0.471 e. The number of halogens is 2. The van der Waals surface area contributed by atoms with Gasteiger partial charge in [0.1, 0.15) is 23.7 Å². The fraction of sp³-hybridized carbons (Fsp3) is 0.634. The number of benzene rings is 1. The van der Waals surface area contributed by atoms with Crippen LogP contribution in [0.15, 0.2) is 48.1 Å². The van der Waals surface area contributed by atoms with Gasteiger partial charge in [-0.3, -0.25) is 24.1 Å². The topological polar surface area (TPSA) is 185 Å². The molecule has 324 valence electrons. The van der Waals surface area contributed by atoms with Crippen molar-refractivity contribution in [3.05, 3.63) is 54.1 Å². The van der Waals surface area contributed by atoms with Gasteiger partial charge in [0.15, 0.2) is 5.60 Å². The van der Waals surface area contributed by atoms with Crippen LogP contribution in [0.5, 0.6) is 0 Å². The standard InChI is InChI=1S/C41H56F2N6O9S/c1-24-12-8-9-13-27-22-41(27,37(52)47-59(54,55)29-16-17-29)45-34(50)32-21-28(57-35-31-15-11-10-14-30(31)26(3)49(46-35)18-19-56-7)23-48(32)36(51)33(25(2)20-24)44-38(53)58-39(4,5)40(6,42)43/h9-11,13-15,24-25,27-29,32-33H,3,8,12,16-23H2,1-2,4-7H3,(H,44,53)(H,45,50)(H,47,52)/b13-9-/t24-,25-,27-,28-,32+,33+,41-/m1/s1. The van der Waals surface area contributed by atoms with Crippen LogP contribution in [0.2, 0.25) is 0 Å². The Balaban J connectivity index is 1.35. The molecule has 3 aliphatic heterocycles. The van der Waals surface area contributed by atoms with Crippen LogP contribution < -0.4 is 15.4 Å². The molecule has 1 saturated heterocycles. The van der Waals surface area contributed by atoms with Crippen molar-refractivity contribution in [1.82, 2.24) is 25.3 Å². The molecule has 0 radical (unpaired) electrons. The van der Waals surface area contributed by atoms with Crippen molar-refractivity contribution >= 4 is 45.4 Å². The molecule has 59 heavy (non-hydrogen) atoms. The molecule has 2 aliphatic carbocycles. The molecular formula is C41H56F2N6O9S. The second kappa shape index (κ2) is 16.8. The number of alkyl carbamates (subject to hydrolysis) is 1. The third-order valence-corrected chi connectivity index (χ3v) is 13.9. The van der Waals surface area contributed by atoms with Crippen LogP contribution in [-0.4, -0.2) is 115 Å². The number of rotatable bonds is 10. The molecule has 7 atom stereocenters. The fourth-order valence-electron chi connectivity index (χ4n) is 7.87. The summed E-state index contributed by atoms with van der Waals surface area (Å²) < 4.78 is 73.9. The lowest BCUT2D eigenvalue weighted by Gasteiger charge is -2.35. The lowest BCUT2D eigenvalue weighted by atomic mass is 9.88. The molecule has 3 heterocycles. The zero-order chi connectivity index (χ0) is 43.1. The lowest BCUT2D eigenvalue weighted by molar-refractivity contribution is -0.152. The molecule has 0 spiro atoms. The Bertz CT molecular complexity index is 2000. The van der Waals surface area contributed by atoms with Crippen molar-refractivity contribution in [1.29, 1.82) is 0 Å². The Morgan fingerprint density at radius 1 is 1.08 bits per heavy atom. The van der Waals surface area contributed by atoms with E-state index in [2.05, 4.69) is 21.9 Å². The van der Waals surface area contributed by atoms with Crippen LogP contribution in [0, 0.1) is 17.8 Å². The molecule has 18 heteroatoms. The zero-order valence-electron chi connectivity index (χ0n) is 34.5. The number of nitrogens with one attached hydrogen (secondary N) is 3. The summed E-state index contributed by atoms with van der Waals surface area (Å²) in [7, 11) is -2.40. The first kappa shape index (κ1) is 44.0. The molecule has 3 N–H and O–H groups in total. The summed E-state index contributed by atoms with van der Waals surface area (Å²) in [6.45, 7) is 11.2. The van der Waals surface area contributed by atoms with Crippen LogP contribution in [0.25, 0.3) is 5.70 Å². The van der Waals surface area contributed by atoms with E-state index in [1.807, 2.05) is 43.3 Å². The van der Waals surface area contributed by atoms with Crippen molar-refractivity contribution in [2.45, 2.75) is 120 Å². The number of allylic oxidation sites excluding steroid dienone is 1. The third kappa shape index (κ3) is 9.58. The molecule has 0 aromatic heterocycles. The Morgan fingerprint density at radius 2 is 1.78 bits per heavy atom. The highest BCUT2D eigenvalue weighted by Crippen LogP contribution is 2.46. The molecule has 5 aliphatic rings. The summed E-state index contributed by atoms with van der Waals surface area (Å²) >= 11 is 0. The van der Waals surface area contributed by atoms with E-state index in [9.17, 15) is 36.4 Å². The molecule has 1 aromatic rings. The smallest absolute Gasteiger partial charge is 0.408 e. The molecule has 15 nitrogen and oxygen atoms in total. The number of fused-ring (bicyclic) bond motifs is 3. The van der Waals surface area contributed by atoms with Gasteiger partial charge < -0.3 is 29.7 Å². The van der Waals surface area contributed by atoms with Crippen LogP contribution in [0.4, 0.5) is 13.6 Å². The van der Waals surface area contributed by atoms with Gasteiger partial charge >= 0.3 is 6.09 Å². The lowest BCUT2D eigenvalue weighted by Crippen LogP contribution is -2.59. The number of hydrazone groups is 1. The molecular weight excluding hydrogens is 791 g/mol. The second-order valence-corrected chi connectivity index (χ2v) is 19.1. The molecule has 4 amide bonds. The van der Waals surface area contributed by atoms with Crippen molar-refractivity contribution in [2.24, 2.45) is 22.9 Å². The van der Waals surface area contributed by atoms with E-state index in [-0.39, 0.29) is 31.2 Å². The maximum atomic E-state index is 14.9. The molecule has 0 unspecified atom stereocenters. The highest BCUT2D eigenvalue weighted by Gasteiger charge is 2.62. The number of ether oxygens (including phenoxy) is 3. The highest BCUT2D eigenvalue weighted by molar-refractivity contribution is 7.91. The first-order chi connectivity index (χ1) is 27.7. The van der Waals surface area contributed by atoms with Gasteiger partial charge in [0.2, 0.25) is 27.7 Å². The van der Waals surface area contributed by atoms with E-state index < -0.39 is 86.2 Å². The van der Waals surface area contributed by atoms with Gasteiger partial charge in [-0.1, -0.05) is 50.8 Å². The normalized spacial score (nSPS) is 29.7. The van der Waals surface area contributed by atoms with E-state index >= 15 is 0 Å². The van der Waals surface area contributed by atoms with Gasteiger partial charge in [0.05, 0.1) is 30.6 Å². The Hall–Kier alpha value is -4.58. The van der Waals surface area contributed by atoms with Crippen LogP contribution in [0.1, 0.15) is 90.7 Å². The van der Waals surface area contributed by atoms with Crippen molar-refractivity contribution in [3.63, 3.8) is 0 Å². The van der Waals surface area contributed by atoms with Gasteiger partial charge in [-0.2, -0.15) is 0 Å². The highest BCUT2D eigenvalue weighted by atomic mass is 32.2. The average Bonchev–Trinajstić information content (AvgIpc) is 4.09. The zero-order valence-corrected chi connectivity index (χ0v) is 35.3. The summed E-state index contributed by atoms with van der Waals surface area (Å²) in [6.07, 6.45) is 4.23. The van der Waals surface area contributed by atoms with Gasteiger partial charge in [-0.05, 0) is 70.3 Å². The summed E-state index contributed by atoms with van der Waals surface area (Å²) in [5.41, 5.74) is -1.82. The summed E-state index contributed by atoms with van der Waals surface area (Å²) in [6, 6.07) is 4.75. The second-order valence-electron chi connectivity index (χ2n) is 17.2. The van der Waals surface area contributed by atoms with E-state index in [0.29, 0.717) is 63.4 Å². The Labute approximate surface area is 344 Å². The SMILES string of the molecule is C=C1c2ccccc2C(O[C@@H]2C[C@H]3C(=O)N[C@]4(C(=O)NS(=O)(=O)C5CC5)C[C@H]4/C=C\CC[C@@H](C)C[C@@H](C)[C@H](NC(=O)OC(C)(C)C(C)(F)F)C(=O)N3C2)=NN1CCOC. The minimum absolute atomic E-state index is 0.0191. The Morgan fingerprint density at radius 3 is 2.44 bits per heavy atom. The molecule has 3 fully saturated rings. The van der Waals surface area contributed by atoms with Gasteiger partial charge in [-0.15, -0.1) is 5.10 Å². The molecule has 1 aromatic carbocycles. The quantitative estimate of drug-likeness (QED) is 0.287. The summed E-state index contributed by atoms with van der Waals surface area (Å²) in [5.74, 6) is -6.53. The fourth-order valence-corrected chi connectivity index (χ4v) is 9.23. The predicted molar refractivity (Wildman–Crippen MR) is 214 cm³/mol. The average molecular weight is 847 g/mol. The number of carbonyl (C=O) groups is 4. The molecule has 2 saturated carbocycles. The van der Waals surface area contributed by atoms with E-state index in [0.717, 1.165) is 19.4 Å². The first-order valence-electron chi connectivity index (χ1n) is 20.2. The van der Waals surface area contributed by atoms with Crippen molar-refractivity contribution in [3.8, 4) is 0 Å². The maximum absolute atomic E-state index is 14.9. The van der Waals surface area contributed by atoms with E-state index in [1.54, 1.807) is 19.0 Å². The number of alkyl halides is 2. The van der Waals surface area contributed by atoms with E-state index in [4.69, 9.17) is 19.3 Å². The third-order valence-electron chi connectivity index (χ3n) is 12.1. The van der Waals surface area contributed by atoms with Crippen LogP contribution in [-0.2, 0) is 38.6 Å². The van der Waals surface area contributed by atoms with Gasteiger partial charge in [-0.25, -0.2) is 22.0 Å². The number of amides is 4. The number of carbonyl (C=O) groups excluding carboxylic acids is 4. The summed E-state index contributed by atoms with van der Waals surface area (Å²) in [5, 5.41) is 11.1. The predicted octanol–water partition coefficient (Wildman–Crippen LogP) is 4.29. The van der Waals surface area contributed by atoms with Crippen LogP contribution >= 0.6 is 0 Å². The summed E-state index contributed by atoms with van der Waals surface area (Å²) in [4.78, 5) is 57.9. The monoisotopic (exact) mass is 846 g/mol. The number of hydrogen-bond donors (Lipinski definition) is 3. The number of methoxy groups -OCH3 is 1. The van der Waals surface area contributed by atoms with Crippen molar-refractivity contribution in [2.75, 3.05) is 26.8 Å². The molecule has 0 bridgehead atoms. The largest absolute Gasteiger partial charge is 0.471 e. The minimum atomic E-state index is -3.97. The number of hydrogen-bond acceptors (Lipinski definition) is 11.